The van der Waals surface area contributed by atoms with Gasteiger partial charge in [-0.15, -0.1) is 0 Å². The summed E-state index contributed by atoms with van der Waals surface area (Å²) < 4.78 is 5.19. The van der Waals surface area contributed by atoms with Crippen molar-refractivity contribution in [1.29, 1.82) is 0 Å². The van der Waals surface area contributed by atoms with Crippen LogP contribution in [0.1, 0.15) is 5.56 Å². The summed E-state index contributed by atoms with van der Waals surface area (Å²) >= 11 is 0. The highest BCUT2D eigenvalue weighted by Gasteiger charge is 2.18. The van der Waals surface area contributed by atoms with E-state index in [2.05, 4.69) is 31.9 Å². The summed E-state index contributed by atoms with van der Waals surface area (Å²) in [7, 11) is 1.70. The summed E-state index contributed by atoms with van der Waals surface area (Å²) in [6, 6.07) is 10.2. The largest absolute Gasteiger partial charge is 0.497 e. The number of nitrogens with zero attached hydrogens (tertiary/aromatic N) is 4. The molecule has 1 aliphatic heterocycles. The predicted octanol–water partition coefficient (Wildman–Crippen LogP) is 1.85. The molecular formula is C17H22N4O. The van der Waals surface area contributed by atoms with Crippen LogP contribution in [0.3, 0.4) is 0 Å². The van der Waals surface area contributed by atoms with Gasteiger partial charge in [0.1, 0.15) is 5.75 Å². The topological polar surface area (TPSA) is 41.5 Å². The van der Waals surface area contributed by atoms with E-state index in [1.54, 1.807) is 19.5 Å². The van der Waals surface area contributed by atoms with Crippen LogP contribution < -0.4 is 9.64 Å². The molecule has 0 bridgehead atoms. The first-order valence-corrected chi connectivity index (χ1v) is 7.72. The monoisotopic (exact) mass is 298 g/mol. The molecule has 2 aromatic rings. The molecule has 0 saturated carbocycles. The van der Waals surface area contributed by atoms with Gasteiger partial charge in [0.15, 0.2) is 0 Å². The maximum absolute atomic E-state index is 5.19. The fourth-order valence-corrected chi connectivity index (χ4v) is 2.71. The lowest BCUT2D eigenvalue weighted by Gasteiger charge is -2.34. The number of ether oxygens (including phenoxy) is 1. The highest BCUT2D eigenvalue weighted by Crippen LogP contribution is 2.13. The van der Waals surface area contributed by atoms with E-state index in [0.717, 1.165) is 50.8 Å². The lowest BCUT2D eigenvalue weighted by Crippen LogP contribution is -2.47. The number of aromatic nitrogens is 2. The molecule has 1 fully saturated rings. The van der Waals surface area contributed by atoms with Crippen LogP contribution >= 0.6 is 0 Å². The van der Waals surface area contributed by atoms with Crippen molar-refractivity contribution < 1.29 is 4.74 Å². The van der Waals surface area contributed by atoms with Crippen LogP contribution in [-0.4, -0.2) is 54.7 Å². The Balaban J connectivity index is 1.45. The Kier molecular flexibility index (Phi) is 4.85. The van der Waals surface area contributed by atoms with Crippen LogP contribution in [0.15, 0.2) is 42.7 Å². The molecule has 0 spiro atoms. The number of hydrogen-bond donors (Lipinski definition) is 0. The van der Waals surface area contributed by atoms with Gasteiger partial charge >= 0.3 is 0 Å². The van der Waals surface area contributed by atoms with E-state index < -0.39 is 0 Å². The zero-order valence-corrected chi connectivity index (χ0v) is 13.0. The number of hydrogen-bond acceptors (Lipinski definition) is 5. The van der Waals surface area contributed by atoms with Crippen molar-refractivity contribution in [3.8, 4) is 5.75 Å². The SMILES string of the molecule is COc1ccc(CCN2CCN(c3ncccn3)CC2)cc1. The Morgan fingerprint density at radius 1 is 1.00 bits per heavy atom. The molecule has 116 valence electrons. The molecule has 1 aliphatic rings. The Morgan fingerprint density at radius 3 is 2.32 bits per heavy atom. The van der Waals surface area contributed by atoms with E-state index in [0.29, 0.717) is 0 Å². The Bertz CT molecular complexity index is 565. The number of rotatable bonds is 5. The molecular weight excluding hydrogens is 276 g/mol. The van der Waals surface area contributed by atoms with Gasteiger partial charge in [-0.3, -0.25) is 4.90 Å². The normalized spacial score (nSPS) is 15.8. The zero-order valence-electron chi connectivity index (χ0n) is 13.0. The Hall–Kier alpha value is -2.14. The van der Waals surface area contributed by atoms with Gasteiger partial charge < -0.3 is 9.64 Å². The van der Waals surface area contributed by atoms with Crippen molar-refractivity contribution >= 4 is 5.95 Å². The van der Waals surface area contributed by atoms with E-state index in [1.807, 2.05) is 18.2 Å². The smallest absolute Gasteiger partial charge is 0.225 e. The van der Waals surface area contributed by atoms with Gasteiger partial charge in [-0.05, 0) is 30.2 Å². The predicted molar refractivity (Wildman–Crippen MR) is 87.4 cm³/mol. The molecule has 1 aromatic carbocycles. The van der Waals surface area contributed by atoms with Gasteiger partial charge in [0.05, 0.1) is 7.11 Å². The minimum atomic E-state index is 0.845. The van der Waals surface area contributed by atoms with Crippen molar-refractivity contribution in [2.45, 2.75) is 6.42 Å². The van der Waals surface area contributed by atoms with Crippen molar-refractivity contribution in [3.05, 3.63) is 48.3 Å². The lowest BCUT2D eigenvalue weighted by molar-refractivity contribution is 0.259. The molecule has 1 saturated heterocycles. The van der Waals surface area contributed by atoms with E-state index in [9.17, 15) is 0 Å². The maximum atomic E-state index is 5.19. The van der Waals surface area contributed by atoms with Crippen LogP contribution in [0.5, 0.6) is 5.75 Å². The molecule has 0 N–H and O–H groups in total. The van der Waals surface area contributed by atoms with Gasteiger partial charge in [0.25, 0.3) is 0 Å². The number of anilines is 1. The molecule has 0 atom stereocenters. The molecule has 0 unspecified atom stereocenters. The van der Waals surface area contributed by atoms with Crippen LogP contribution in [0.4, 0.5) is 5.95 Å². The van der Waals surface area contributed by atoms with E-state index in [1.165, 1.54) is 5.56 Å². The average molecular weight is 298 g/mol. The van der Waals surface area contributed by atoms with Crippen LogP contribution in [0.25, 0.3) is 0 Å². The molecule has 5 heteroatoms. The number of methoxy groups -OCH3 is 1. The second-order valence-corrected chi connectivity index (χ2v) is 5.48. The fourth-order valence-electron chi connectivity index (χ4n) is 2.71. The van der Waals surface area contributed by atoms with E-state index >= 15 is 0 Å². The third-order valence-corrected chi connectivity index (χ3v) is 4.08. The first-order chi connectivity index (χ1) is 10.8. The summed E-state index contributed by atoms with van der Waals surface area (Å²) in [5, 5.41) is 0. The molecule has 0 radical (unpaired) electrons. The summed E-state index contributed by atoms with van der Waals surface area (Å²) in [6.45, 7) is 5.21. The van der Waals surface area contributed by atoms with Gasteiger partial charge in [-0.2, -0.15) is 0 Å². The van der Waals surface area contributed by atoms with E-state index in [4.69, 9.17) is 4.74 Å². The van der Waals surface area contributed by atoms with Crippen molar-refractivity contribution in [3.63, 3.8) is 0 Å². The second kappa shape index (κ2) is 7.22. The van der Waals surface area contributed by atoms with Crippen LogP contribution in [-0.2, 0) is 6.42 Å². The first-order valence-electron chi connectivity index (χ1n) is 7.72. The summed E-state index contributed by atoms with van der Waals surface area (Å²) in [5.41, 5.74) is 1.36. The lowest BCUT2D eigenvalue weighted by atomic mass is 10.1. The second-order valence-electron chi connectivity index (χ2n) is 5.48. The van der Waals surface area contributed by atoms with Crippen LogP contribution in [0, 0.1) is 0 Å². The Morgan fingerprint density at radius 2 is 1.68 bits per heavy atom. The first kappa shape index (κ1) is 14.8. The van der Waals surface area contributed by atoms with E-state index in [-0.39, 0.29) is 0 Å². The summed E-state index contributed by atoms with van der Waals surface area (Å²) in [5.74, 6) is 1.76. The highest BCUT2D eigenvalue weighted by atomic mass is 16.5. The number of piperazine rings is 1. The molecule has 0 aliphatic carbocycles. The fraction of sp³-hybridized carbons (Fsp3) is 0.412. The van der Waals surface area contributed by atoms with Gasteiger partial charge in [-0.1, -0.05) is 12.1 Å². The van der Waals surface area contributed by atoms with Gasteiger partial charge in [0.2, 0.25) is 5.95 Å². The summed E-state index contributed by atoms with van der Waals surface area (Å²) in [6.07, 6.45) is 4.68. The van der Waals surface area contributed by atoms with Gasteiger partial charge in [-0.25, -0.2) is 9.97 Å². The summed E-state index contributed by atoms with van der Waals surface area (Å²) in [4.78, 5) is 13.4. The van der Waals surface area contributed by atoms with Crippen molar-refractivity contribution in [1.82, 2.24) is 14.9 Å². The third-order valence-electron chi connectivity index (χ3n) is 4.08. The highest BCUT2D eigenvalue weighted by molar-refractivity contribution is 5.29. The molecule has 3 rings (SSSR count). The molecule has 22 heavy (non-hydrogen) atoms. The average Bonchev–Trinajstić information content (AvgIpc) is 2.61. The van der Waals surface area contributed by atoms with Crippen LogP contribution in [0.2, 0.25) is 0 Å². The number of benzene rings is 1. The standard InChI is InChI=1S/C17H22N4O/c1-22-16-5-3-15(4-6-16)7-10-20-11-13-21(14-12-20)17-18-8-2-9-19-17/h2-6,8-9H,7,10-14H2,1H3. The zero-order chi connectivity index (χ0) is 15.2. The van der Waals surface area contributed by atoms with Crippen molar-refractivity contribution in [2.24, 2.45) is 0 Å². The molecule has 1 aromatic heterocycles. The van der Waals surface area contributed by atoms with Crippen molar-refractivity contribution in [2.75, 3.05) is 44.7 Å². The Labute approximate surface area is 131 Å². The maximum Gasteiger partial charge on any atom is 0.225 e. The third kappa shape index (κ3) is 3.74. The molecule has 0 amide bonds. The molecule has 5 nitrogen and oxygen atoms in total. The molecule has 2 heterocycles. The minimum absolute atomic E-state index is 0.845. The quantitative estimate of drug-likeness (QED) is 0.842. The minimum Gasteiger partial charge on any atom is -0.497 e. The van der Waals surface area contributed by atoms with Gasteiger partial charge in [0, 0.05) is 45.1 Å².